The van der Waals surface area contributed by atoms with E-state index in [1.165, 1.54) is 24.7 Å². The van der Waals surface area contributed by atoms with Crippen molar-refractivity contribution in [3.63, 3.8) is 0 Å². The molecule has 0 amide bonds. The third-order valence-corrected chi connectivity index (χ3v) is 6.39. The summed E-state index contributed by atoms with van der Waals surface area (Å²) < 4.78 is 51.2. The number of hydrogen-bond donors (Lipinski definition) is 2. The smallest absolute Gasteiger partial charge is 0.208 e. The Morgan fingerprint density at radius 2 is 1.94 bits per heavy atom. The number of benzene rings is 2. The van der Waals surface area contributed by atoms with Crippen molar-refractivity contribution in [2.24, 2.45) is 0 Å². The maximum absolute atomic E-state index is 13.4. The number of nitrogens with one attached hydrogen (secondary N) is 2. The maximum Gasteiger partial charge on any atom is 0.208 e. The molecule has 0 aliphatic heterocycles. The average Bonchev–Trinajstić information content (AvgIpc) is 2.77. The number of hydrogen-bond acceptors (Lipinski definition) is 7. The fraction of sp³-hybridized carbons (Fsp3) is 0.364. The lowest BCUT2D eigenvalue weighted by atomic mass is 9.93. The summed E-state index contributed by atoms with van der Waals surface area (Å²) in [4.78, 5) is 8.33. The van der Waals surface area contributed by atoms with Crippen LogP contribution in [0.15, 0.2) is 42.9 Å². The van der Waals surface area contributed by atoms with E-state index in [2.05, 4.69) is 20.0 Å². The molecule has 3 aromatic rings. The molecule has 0 unspecified atom stereocenters. The number of halogens is 2. The molecule has 0 bridgehead atoms. The van der Waals surface area contributed by atoms with Crippen LogP contribution in [0.5, 0.6) is 11.5 Å². The molecule has 1 aliphatic rings. The quantitative estimate of drug-likeness (QED) is 0.454. The monoisotopic (exact) mass is 494 g/mol. The summed E-state index contributed by atoms with van der Waals surface area (Å²) in [5.41, 5.74) is 1.32. The molecule has 1 heterocycles. The van der Waals surface area contributed by atoms with Crippen LogP contribution in [-0.2, 0) is 10.0 Å². The van der Waals surface area contributed by atoms with E-state index in [1.807, 2.05) is 6.07 Å². The Morgan fingerprint density at radius 1 is 1.15 bits per heavy atom. The van der Waals surface area contributed by atoms with Crippen molar-refractivity contribution in [2.45, 2.75) is 37.8 Å². The first-order valence-electron chi connectivity index (χ1n) is 10.5. The summed E-state index contributed by atoms with van der Waals surface area (Å²) in [5.74, 6) is 0.559. The number of aromatic nitrogens is 2. The highest BCUT2D eigenvalue weighted by atomic mass is 35.5. The molecule has 1 aromatic heterocycles. The molecular weight excluding hydrogens is 471 g/mol. The van der Waals surface area contributed by atoms with Gasteiger partial charge in [-0.3, -0.25) is 0 Å². The summed E-state index contributed by atoms with van der Waals surface area (Å²) in [7, 11) is -3.23. The van der Waals surface area contributed by atoms with Crippen molar-refractivity contribution < 1.29 is 22.3 Å². The van der Waals surface area contributed by atoms with Crippen LogP contribution < -0.4 is 19.5 Å². The predicted octanol–water partition coefficient (Wildman–Crippen LogP) is 4.11. The van der Waals surface area contributed by atoms with Crippen molar-refractivity contribution in [1.29, 1.82) is 0 Å². The van der Waals surface area contributed by atoms with Gasteiger partial charge in [0.2, 0.25) is 10.0 Å². The van der Waals surface area contributed by atoms with E-state index in [-0.39, 0.29) is 23.9 Å². The Morgan fingerprint density at radius 3 is 2.67 bits per heavy atom. The van der Waals surface area contributed by atoms with Gasteiger partial charge in [-0.15, -0.1) is 0 Å². The number of ether oxygens (including phenoxy) is 2. The van der Waals surface area contributed by atoms with Crippen molar-refractivity contribution in [1.82, 2.24) is 14.7 Å². The highest BCUT2D eigenvalue weighted by Crippen LogP contribution is 2.34. The molecular formula is C22H24ClFN4O4S. The first-order chi connectivity index (χ1) is 15.8. The minimum Gasteiger partial charge on any atom is -0.487 e. The van der Waals surface area contributed by atoms with Gasteiger partial charge in [-0.1, -0.05) is 11.6 Å². The molecule has 11 heteroatoms. The zero-order chi connectivity index (χ0) is 23.4. The van der Waals surface area contributed by atoms with Gasteiger partial charge in [-0.25, -0.2) is 27.5 Å². The molecule has 1 aliphatic carbocycles. The van der Waals surface area contributed by atoms with Gasteiger partial charge in [0.1, 0.15) is 12.1 Å². The van der Waals surface area contributed by atoms with E-state index >= 15 is 0 Å². The van der Waals surface area contributed by atoms with Gasteiger partial charge in [-0.05, 0) is 49.9 Å². The average molecular weight is 495 g/mol. The number of nitrogens with zero attached hydrogens (tertiary/aromatic N) is 2. The number of rotatable bonds is 8. The summed E-state index contributed by atoms with van der Waals surface area (Å²) in [6.07, 6.45) is 7.06. The fourth-order valence-corrected chi connectivity index (χ4v) is 4.80. The molecule has 0 radical (unpaired) electrons. The maximum atomic E-state index is 13.4. The molecule has 1 fully saturated rings. The Labute approximate surface area is 196 Å². The van der Waals surface area contributed by atoms with Crippen LogP contribution >= 0.6 is 11.6 Å². The van der Waals surface area contributed by atoms with Crippen LogP contribution in [0.4, 0.5) is 10.1 Å². The number of fused-ring (bicyclic) bond motifs is 1. The van der Waals surface area contributed by atoms with Gasteiger partial charge in [0.25, 0.3) is 0 Å². The summed E-state index contributed by atoms with van der Waals surface area (Å²) in [6, 6.07) is 7.86. The topological polar surface area (TPSA) is 102 Å². The minimum absolute atomic E-state index is 0.0207. The molecule has 2 aromatic carbocycles. The zero-order valence-corrected chi connectivity index (χ0v) is 19.5. The summed E-state index contributed by atoms with van der Waals surface area (Å²) in [6.45, 7) is 0.0972. The van der Waals surface area contributed by atoms with E-state index in [4.69, 9.17) is 21.1 Å². The van der Waals surface area contributed by atoms with Gasteiger partial charge in [0.15, 0.2) is 18.2 Å². The normalized spacial score (nSPS) is 18.8. The zero-order valence-electron chi connectivity index (χ0n) is 17.9. The van der Waals surface area contributed by atoms with E-state index in [9.17, 15) is 12.8 Å². The molecule has 8 nitrogen and oxygen atoms in total. The third-order valence-electron chi connectivity index (χ3n) is 5.34. The van der Waals surface area contributed by atoms with Crippen LogP contribution in [0.2, 0.25) is 5.02 Å². The van der Waals surface area contributed by atoms with Crippen molar-refractivity contribution >= 4 is 38.2 Å². The van der Waals surface area contributed by atoms with E-state index < -0.39 is 15.8 Å². The van der Waals surface area contributed by atoms with Gasteiger partial charge in [-0.2, -0.15) is 0 Å². The Balaban J connectivity index is 1.45. The highest BCUT2D eigenvalue weighted by molar-refractivity contribution is 7.88. The van der Waals surface area contributed by atoms with Gasteiger partial charge < -0.3 is 14.8 Å². The second-order valence-electron chi connectivity index (χ2n) is 7.96. The molecule has 0 atom stereocenters. The van der Waals surface area contributed by atoms with Gasteiger partial charge >= 0.3 is 0 Å². The first-order valence-corrected chi connectivity index (χ1v) is 12.7. The van der Waals surface area contributed by atoms with Crippen molar-refractivity contribution in [3.05, 3.63) is 53.7 Å². The lowest BCUT2D eigenvalue weighted by Gasteiger charge is -2.29. The highest BCUT2D eigenvalue weighted by Gasteiger charge is 2.25. The number of anilines is 1. The Bertz CT molecular complexity index is 1240. The molecule has 4 rings (SSSR count). The van der Waals surface area contributed by atoms with Crippen LogP contribution in [0.3, 0.4) is 0 Å². The minimum atomic E-state index is -3.23. The van der Waals surface area contributed by atoms with E-state index in [0.717, 1.165) is 5.39 Å². The largest absolute Gasteiger partial charge is 0.487 e. The lowest BCUT2D eigenvalue weighted by Crippen LogP contribution is -2.39. The van der Waals surface area contributed by atoms with Crippen LogP contribution in [0.25, 0.3) is 10.9 Å². The standard InChI is InChI=1S/C22H24ClFN4O4S/c1-33(29,30)28-15-2-5-17(6-3-15)32-22-8-14-11-25-12-26-20(14)10-21(22)31-13-27-16-4-7-19(24)18(23)9-16/h4,7-12,15,17,27-28H,2-3,5-6,13H2,1H3/t15-,17-. The predicted molar refractivity (Wildman–Crippen MR) is 125 cm³/mol. The van der Waals surface area contributed by atoms with Crippen molar-refractivity contribution in [2.75, 3.05) is 18.3 Å². The fourth-order valence-electron chi connectivity index (χ4n) is 3.78. The lowest BCUT2D eigenvalue weighted by molar-refractivity contribution is 0.138. The summed E-state index contributed by atoms with van der Waals surface area (Å²) >= 11 is 5.83. The molecule has 1 saturated carbocycles. The van der Waals surface area contributed by atoms with Crippen LogP contribution in [0, 0.1) is 5.82 Å². The Kier molecular flexibility index (Phi) is 7.16. The van der Waals surface area contributed by atoms with Gasteiger partial charge in [0, 0.05) is 29.4 Å². The van der Waals surface area contributed by atoms with Crippen LogP contribution in [-0.4, -0.2) is 43.5 Å². The SMILES string of the molecule is CS(=O)(=O)N[C@H]1CC[C@H](Oc2cc3cncnc3cc2OCNc2ccc(F)c(Cl)c2)CC1. The first kappa shape index (κ1) is 23.5. The molecule has 176 valence electrons. The molecule has 33 heavy (non-hydrogen) atoms. The molecule has 0 spiro atoms. The van der Waals surface area contributed by atoms with E-state index in [0.29, 0.717) is 48.4 Å². The number of sulfonamides is 1. The third kappa shape index (κ3) is 6.43. The second-order valence-corrected chi connectivity index (χ2v) is 10.1. The molecule has 2 N–H and O–H groups in total. The van der Waals surface area contributed by atoms with Gasteiger partial charge in [0.05, 0.1) is 22.9 Å². The van der Waals surface area contributed by atoms with Crippen molar-refractivity contribution in [3.8, 4) is 11.5 Å². The van der Waals surface area contributed by atoms with E-state index in [1.54, 1.807) is 18.3 Å². The summed E-state index contributed by atoms with van der Waals surface area (Å²) in [5, 5.41) is 3.87. The second kappa shape index (κ2) is 10.1. The van der Waals surface area contributed by atoms with Crippen LogP contribution in [0.1, 0.15) is 25.7 Å². The Hall–Kier alpha value is -2.69. The molecule has 0 saturated heterocycles.